The molecule has 2 aromatic rings. The number of nitrogens with two attached hydrogens (primary N) is 1. The topological polar surface area (TPSA) is 65.2 Å². The lowest BCUT2D eigenvalue weighted by Crippen LogP contribution is -2.22. The van der Waals surface area contributed by atoms with Crippen LogP contribution in [0, 0.1) is 0 Å². The van der Waals surface area contributed by atoms with E-state index in [1.165, 1.54) is 0 Å². The van der Waals surface area contributed by atoms with Crippen LogP contribution in [0.5, 0.6) is 5.75 Å². The lowest BCUT2D eigenvalue weighted by Gasteiger charge is -2.14. The fourth-order valence-electron chi connectivity index (χ4n) is 2.13. The first-order chi connectivity index (χ1) is 10.3. The predicted molar refractivity (Wildman–Crippen MR) is 82.6 cm³/mol. The molecule has 0 amide bonds. The Kier molecular flexibility index (Phi) is 5.46. The lowest BCUT2D eigenvalue weighted by molar-refractivity contribution is 0.0961. The van der Waals surface area contributed by atoms with Gasteiger partial charge in [-0.1, -0.05) is 37.3 Å². The number of rotatable bonds is 7. The van der Waals surface area contributed by atoms with Gasteiger partial charge in [-0.2, -0.15) is 0 Å². The molecule has 0 spiro atoms. The van der Waals surface area contributed by atoms with Gasteiger partial charge in [-0.15, -0.1) is 0 Å². The van der Waals surface area contributed by atoms with E-state index < -0.39 is 0 Å². The Morgan fingerprint density at radius 1 is 1.29 bits per heavy atom. The first-order valence-electron chi connectivity index (χ1n) is 7.13. The summed E-state index contributed by atoms with van der Waals surface area (Å²) >= 11 is 0. The zero-order chi connectivity index (χ0) is 15.1. The van der Waals surface area contributed by atoms with Crippen molar-refractivity contribution in [3.63, 3.8) is 0 Å². The lowest BCUT2D eigenvalue weighted by atomic mass is 9.91. The first-order valence-corrected chi connectivity index (χ1v) is 7.13. The largest absolute Gasteiger partial charge is 0.492 e. The van der Waals surface area contributed by atoms with Crippen LogP contribution < -0.4 is 10.5 Å². The van der Waals surface area contributed by atoms with Gasteiger partial charge in [0, 0.05) is 18.3 Å². The zero-order valence-corrected chi connectivity index (χ0v) is 12.2. The number of ether oxygens (including phenoxy) is 1. The molecular weight excluding hydrogens is 264 g/mol. The number of carbonyl (C=O) groups excluding carboxylic acids is 1. The van der Waals surface area contributed by atoms with E-state index >= 15 is 0 Å². The highest BCUT2D eigenvalue weighted by atomic mass is 16.5. The maximum atomic E-state index is 12.6. The molecule has 0 bridgehead atoms. The van der Waals surface area contributed by atoms with Crippen LogP contribution in [-0.4, -0.2) is 23.9 Å². The van der Waals surface area contributed by atoms with Crippen molar-refractivity contribution < 1.29 is 9.53 Å². The molecule has 0 radical (unpaired) electrons. The van der Waals surface area contributed by atoms with Crippen LogP contribution in [0.3, 0.4) is 0 Å². The van der Waals surface area contributed by atoms with E-state index in [0.717, 1.165) is 12.0 Å². The Morgan fingerprint density at radius 3 is 2.71 bits per heavy atom. The van der Waals surface area contributed by atoms with Gasteiger partial charge in [0.2, 0.25) is 0 Å². The molecule has 0 fully saturated rings. The molecule has 4 nitrogen and oxygen atoms in total. The molecule has 2 rings (SSSR count). The van der Waals surface area contributed by atoms with Crippen molar-refractivity contribution in [2.75, 3.05) is 13.2 Å². The average Bonchev–Trinajstić information content (AvgIpc) is 2.55. The van der Waals surface area contributed by atoms with E-state index in [-0.39, 0.29) is 18.2 Å². The Balaban J connectivity index is 2.21. The molecule has 4 heteroatoms. The Morgan fingerprint density at radius 2 is 2.05 bits per heavy atom. The second-order valence-electron chi connectivity index (χ2n) is 4.82. The van der Waals surface area contributed by atoms with E-state index in [0.29, 0.717) is 17.9 Å². The summed E-state index contributed by atoms with van der Waals surface area (Å²) in [6.07, 6.45) is 4.09. The molecule has 21 heavy (non-hydrogen) atoms. The van der Waals surface area contributed by atoms with Gasteiger partial charge in [0.1, 0.15) is 5.75 Å². The summed E-state index contributed by atoms with van der Waals surface area (Å²) in [5.74, 6) is 0.235. The van der Waals surface area contributed by atoms with Crippen molar-refractivity contribution >= 4 is 5.78 Å². The van der Waals surface area contributed by atoms with Gasteiger partial charge in [0.25, 0.3) is 0 Å². The van der Waals surface area contributed by atoms with E-state index in [1.807, 2.05) is 37.3 Å². The van der Waals surface area contributed by atoms with Crippen molar-refractivity contribution in [1.29, 1.82) is 0 Å². The zero-order valence-electron chi connectivity index (χ0n) is 12.2. The molecule has 1 aromatic heterocycles. The molecule has 0 aliphatic rings. The summed E-state index contributed by atoms with van der Waals surface area (Å²) in [4.78, 5) is 16.7. The van der Waals surface area contributed by atoms with Gasteiger partial charge in [-0.05, 0) is 18.1 Å². The van der Waals surface area contributed by atoms with Crippen molar-refractivity contribution in [2.24, 2.45) is 5.73 Å². The second-order valence-corrected chi connectivity index (χ2v) is 4.82. The van der Waals surface area contributed by atoms with Crippen molar-refractivity contribution in [1.82, 2.24) is 4.98 Å². The molecule has 0 saturated heterocycles. The van der Waals surface area contributed by atoms with Gasteiger partial charge >= 0.3 is 0 Å². The van der Waals surface area contributed by atoms with Crippen LogP contribution in [0.1, 0.15) is 35.2 Å². The summed E-state index contributed by atoms with van der Waals surface area (Å²) in [5.41, 5.74) is 7.24. The maximum Gasteiger partial charge on any atom is 0.173 e. The average molecular weight is 284 g/mol. The molecule has 0 aliphatic carbocycles. The molecule has 2 N–H and O–H groups in total. The summed E-state index contributed by atoms with van der Waals surface area (Å²) < 4.78 is 5.52. The van der Waals surface area contributed by atoms with Crippen LogP contribution in [0.25, 0.3) is 0 Å². The van der Waals surface area contributed by atoms with Gasteiger partial charge in [-0.3, -0.25) is 9.78 Å². The normalized spacial score (nSPS) is 11.9. The molecule has 1 atom stereocenters. The predicted octanol–water partition coefficient (Wildman–Crippen LogP) is 2.80. The number of nitrogens with zero attached hydrogens (tertiary/aromatic N) is 1. The van der Waals surface area contributed by atoms with E-state index in [9.17, 15) is 4.79 Å². The van der Waals surface area contributed by atoms with Crippen molar-refractivity contribution in [2.45, 2.75) is 19.3 Å². The van der Waals surface area contributed by atoms with Gasteiger partial charge in [0.15, 0.2) is 5.78 Å². The number of benzene rings is 1. The molecule has 1 heterocycles. The molecule has 0 saturated carbocycles. The fourth-order valence-corrected chi connectivity index (χ4v) is 2.13. The van der Waals surface area contributed by atoms with E-state index in [1.54, 1.807) is 18.5 Å². The molecule has 0 aliphatic heterocycles. The minimum absolute atomic E-state index is 0.0295. The fraction of sp³-hybridized carbons (Fsp3) is 0.294. The van der Waals surface area contributed by atoms with Crippen LogP contribution >= 0.6 is 0 Å². The highest BCUT2D eigenvalue weighted by molar-refractivity contribution is 6.01. The van der Waals surface area contributed by atoms with Crippen molar-refractivity contribution in [3.8, 4) is 5.75 Å². The number of hydrogen-bond acceptors (Lipinski definition) is 4. The quantitative estimate of drug-likeness (QED) is 0.794. The number of Topliss-reactive ketones (excluding diaryl/α,β-unsaturated/α-hetero) is 1. The van der Waals surface area contributed by atoms with Gasteiger partial charge in [0.05, 0.1) is 18.7 Å². The highest BCUT2D eigenvalue weighted by Crippen LogP contribution is 2.21. The van der Waals surface area contributed by atoms with Crippen molar-refractivity contribution in [3.05, 3.63) is 59.9 Å². The van der Waals surface area contributed by atoms with E-state index in [2.05, 4.69) is 4.98 Å². The molecule has 1 aromatic carbocycles. The Bertz CT molecular complexity index is 584. The summed E-state index contributed by atoms with van der Waals surface area (Å²) in [5, 5.41) is 0. The van der Waals surface area contributed by atoms with Gasteiger partial charge < -0.3 is 10.5 Å². The molecule has 110 valence electrons. The maximum absolute atomic E-state index is 12.6. The Hall–Kier alpha value is -2.20. The third-order valence-electron chi connectivity index (χ3n) is 3.22. The minimum atomic E-state index is -0.352. The monoisotopic (exact) mass is 284 g/mol. The second kappa shape index (κ2) is 7.55. The summed E-state index contributed by atoms with van der Waals surface area (Å²) in [6.45, 7) is 2.91. The number of carbonyl (C=O) groups is 1. The standard InChI is InChI=1S/C17H20N2O2/c1-2-8-21-15-9-14(11-19-12-15)17(20)16(10-18)13-6-4-3-5-7-13/h3-7,9,11-12,16H,2,8,10,18H2,1H3. The molecule has 1 unspecified atom stereocenters. The molecular formula is C17H20N2O2. The summed E-state index contributed by atoms with van der Waals surface area (Å²) in [7, 11) is 0. The number of aromatic nitrogens is 1. The number of pyridine rings is 1. The van der Waals surface area contributed by atoms with Crippen LogP contribution in [0.15, 0.2) is 48.8 Å². The van der Waals surface area contributed by atoms with Gasteiger partial charge in [-0.25, -0.2) is 0 Å². The third-order valence-corrected chi connectivity index (χ3v) is 3.22. The SMILES string of the molecule is CCCOc1cncc(C(=O)C(CN)c2ccccc2)c1. The van der Waals surface area contributed by atoms with Crippen LogP contribution in [0.2, 0.25) is 0 Å². The third kappa shape index (κ3) is 3.89. The highest BCUT2D eigenvalue weighted by Gasteiger charge is 2.21. The smallest absolute Gasteiger partial charge is 0.173 e. The Labute approximate surface area is 125 Å². The van der Waals surface area contributed by atoms with Crippen LogP contribution in [-0.2, 0) is 0 Å². The number of ketones is 1. The van der Waals surface area contributed by atoms with E-state index in [4.69, 9.17) is 10.5 Å². The number of hydrogen-bond donors (Lipinski definition) is 1. The summed E-state index contributed by atoms with van der Waals surface area (Å²) in [6, 6.07) is 11.3. The van der Waals surface area contributed by atoms with Crippen LogP contribution in [0.4, 0.5) is 0 Å². The first kappa shape index (κ1) is 15.2. The minimum Gasteiger partial charge on any atom is -0.492 e.